The lowest BCUT2D eigenvalue weighted by Crippen LogP contribution is -2.31. The number of amides is 1. The molecule has 1 aromatic heterocycles. The van der Waals surface area contributed by atoms with Crippen LogP contribution in [0.25, 0.3) is 0 Å². The van der Waals surface area contributed by atoms with Crippen LogP contribution in [0.2, 0.25) is 0 Å². The Hall–Kier alpha value is -2.76. The van der Waals surface area contributed by atoms with Crippen molar-refractivity contribution in [2.45, 2.75) is 44.6 Å². The van der Waals surface area contributed by atoms with Crippen LogP contribution in [0.1, 0.15) is 50.4 Å². The summed E-state index contributed by atoms with van der Waals surface area (Å²) in [5, 5.41) is 10.8. The largest absolute Gasteiger partial charge is 0.320 e. The lowest BCUT2D eigenvalue weighted by molar-refractivity contribution is 0.102. The minimum atomic E-state index is -3.79. The Balaban J connectivity index is 1.58. The maximum Gasteiger partial charge on any atom is 0.286 e. The Kier molecular flexibility index (Phi) is 6.30. The van der Waals surface area contributed by atoms with Crippen LogP contribution >= 0.6 is 11.3 Å². The number of halogens is 2. The fourth-order valence-corrected chi connectivity index (χ4v) is 7.21. The molecule has 1 saturated heterocycles. The number of nitrogens with one attached hydrogen (secondary N) is 1. The predicted molar refractivity (Wildman–Crippen MR) is 121 cm³/mol. The first-order valence-corrected chi connectivity index (χ1v) is 12.5. The van der Waals surface area contributed by atoms with Crippen LogP contribution in [-0.4, -0.2) is 35.4 Å². The average Bonchev–Trinajstić information content (AvgIpc) is 3.39. The number of carbonyl (C=O) groups is 1. The van der Waals surface area contributed by atoms with E-state index in [9.17, 15) is 22.0 Å². The van der Waals surface area contributed by atoms with Gasteiger partial charge in [0.1, 0.15) is 5.01 Å². The molecule has 1 amide bonds. The second-order valence-corrected chi connectivity index (χ2v) is 10.9. The maximum absolute atomic E-state index is 13.5. The number of aromatic nitrogens is 2. The van der Waals surface area contributed by atoms with Crippen LogP contribution in [0.5, 0.6) is 0 Å². The summed E-state index contributed by atoms with van der Waals surface area (Å²) >= 11 is 0.983. The van der Waals surface area contributed by atoms with E-state index in [1.165, 1.54) is 10.4 Å². The van der Waals surface area contributed by atoms with Gasteiger partial charge >= 0.3 is 0 Å². The summed E-state index contributed by atoms with van der Waals surface area (Å²) in [6, 6.07) is 6.17. The monoisotopic (exact) mass is 492 g/mol. The zero-order valence-corrected chi connectivity index (χ0v) is 19.9. The van der Waals surface area contributed by atoms with Gasteiger partial charge in [-0.05, 0) is 56.9 Å². The third-order valence-electron chi connectivity index (χ3n) is 5.47. The number of anilines is 1. The third kappa shape index (κ3) is 4.53. The molecule has 1 atom stereocenters. The Morgan fingerprint density at radius 2 is 1.79 bits per heavy atom. The number of carbonyl (C=O) groups excluding carboxylic acids is 1. The van der Waals surface area contributed by atoms with Gasteiger partial charge in [-0.2, -0.15) is 4.31 Å². The summed E-state index contributed by atoms with van der Waals surface area (Å²) in [5.74, 6) is -2.74. The van der Waals surface area contributed by atoms with Gasteiger partial charge in [0.15, 0.2) is 11.6 Å². The van der Waals surface area contributed by atoms with E-state index in [1.54, 1.807) is 13.8 Å². The van der Waals surface area contributed by atoms with E-state index in [4.69, 9.17) is 0 Å². The summed E-state index contributed by atoms with van der Waals surface area (Å²) < 4.78 is 55.0. The van der Waals surface area contributed by atoms with Gasteiger partial charge in [0, 0.05) is 18.3 Å². The highest BCUT2D eigenvalue weighted by Crippen LogP contribution is 2.39. The quantitative estimate of drug-likeness (QED) is 0.565. The molecule has 0 bridgehead atoms. The molecule has 1 fully saturated rings. The topological polar surface area (TPSA) is 92.3 Å². The molecular weight excluding hydrogens is 470 g/mol. The fraction of sp³-hybridized carbons (Fsp3) is 0.318. The lowest BCUT2D eigenvalue weighted by Gasteiger charge is -2.24. The van der Waals surface area contributed by atoms with Crippen molar-refractivity contribution >= 4 is 33.0 Å². The molecule has 1 aliphatic rings. The van der Waals surface area contributed by atoms with Crippen molar-refractivity contribution in [1.29, 1.82) is 0 Å². The van der Waals surface area contributed by atoms with Crippen LogP contribution < -0.4 is 5.32 Å². The number of hydrogen-bond donors (Lipinski definition) is 1. The van der Waals surface area contributed by atoms with Crippen LogP contribution in [0.15, 0.2) is 35.2 Å². The Bertz CT molecular complexity index is 1320. The smallest absolute Gasteiger partial charge is 0.286 e. The Morgan fingerprint density at radius 3 is 2.45 bits per heavy atom. The van der Waals surface area contributed by atoms with Gasteiger partial charge < -0.3 is 5.32 Å². The predicted octanol–water partition coefficient (Wildman–Crippen LogP) is 4.52. The van der Waals surface area contributed by atoms with Crippen LogP contribution in [0, 0.1) is 32.4 Å². The molecule has 174 valence electrons. The highest BCUT2D eigenvalue weighted by Gasteiger charge is 2.39. The molecule has 0 radical (unpaired) electrons. The first kappa shape index (κ1) is 23.4. The number of nitrogens with zero attached hydrogens (tertiary/aromatic N) is 3. The van der Waals surface area contributed by atoms with Crippen LogP contribution in [0.3, 0.4) is 0 Å². The number of benzene rings is 2. The number of sulfonamides is 1. The standard InChI is InChI=1S/C22H22F2N4O3S2/c1-12-9-13(2)19(14(3)10-12)33(30,31)28-8-4-5-18(28)21-26-27-22(32-21)20(29)25-15-6-7-16(23)17(24)11-15/h6-7,9-11,18H,4-5,8H2,1-3H3,(H,25,29)/t18-/m0/s1. The van der Waals surface area contributed by atoms with Gasteiger partial charge in [-0.25, -0.2) is 17.2 Å². The van der Waals surface area contributed by atoms with E-state index in [-0.39, 0.29) is 10.7 Å². The number of aryl methyl sites for hydroxylation is 3. The molecule has 0 unspecified atom stereocenters. The zero-order chi connectivity index (χ0) is 23.9. The first-order chi connectivity index (χ1) is 15.6. The third-order valence-corrected chi connectivity index (χ3v) is 8.71. The van der Waals surface area contributed by atoms with Crippen molar-refractivity contribution in [1.82, 2.24) is 14.5 Å². The second kappa shape index (κ2) is 8.88. The van der Waals surface area contributed by atoms with Gasteiger partial charge in [-0.1, -0.05) is 29.0 Å². The summed E-state index contributed by atoms with van der Waals surface area (Å²) in [7, 11) is -3.79. The summed E-state index contributed by atoms with van der Waals surface area (Å²) in [5.41, 5.74) is 2.43. The molecule has 11 heteroatoms. The second-order valence-electron chi connectivity index (χ2n) is 8.03. The molecule has 4 rings (SSSR count). The Labute approximate surface area is 194 Å². The summed E-state index contributed by atoms with van der Waals surface area (Å²) in [4.78, 5) is 12.8. The minimum Gasteiger partial charge on any atom is -0.320 e. The molecule has 3 aromatic rings. The normalized spacial score (nSPS) is 16.8. The van der Waals surface area contributed by atoms with Gasteiger partial charge in [0.05, 0.1) is 10.9 Å². The average molecular weight is 493 g/mol. The van der Waals surface area contributed by atoms with Crippen molar-refractivity contribution in [2.75, 3.05) is 11.9 Å². The first-order valence-electron chi connectivity index (χ1n) is 10.3. The van der Waals surface area contributed by atoms with Crippen molar-refractivity contribution in [2.24, 2.45) is 0 Å². The van der Waals surface area contributed by atoms with E-state index in [2.05, 4.69) is 15.5 Å². The number of rotatable bonds is 5. The van der Waals surface area contributed by atoms with E-state index >= 15 is 0 Å². The molecule has 7 nitrogen and oxygen atoms in total. The molecule has 0 aliphatic carbocycles. The van der Waals surface area contributed by atoms with Crippen molar-refractivity contribution < 1.29 is 22.0 Å². The van der Waals surface area contributed by atoms with Gasteiger partial charge in [0.25, 0.3) is 5.91 Å². The summed E-state index contributed by atoms with van der Waals surface area (Å²) in [6.45, 7) is 5.83. The SMILES string of the molecule is Cc1cc(C)c(S(=O)(=O)N2CCC[C@H]2c2nnc(C(=O)Nc3ccc(F)c(F)c3)s2)c(C)c1. The fourth-order valence-electron chi connectivity index (χ4n) is 4.18. The summed E-state index contributed by atoms with van der Waals surface area (Å²) in [6.07, 6.45) is 1.21. The molecule has 0 spiro atoms. The van der Waals surface area contributed by atoms with Gasteiger partial charge in [-0.3, -0.25) is 4.79 Å². The van der Waals surface area contributed by atoms with E-state index in [0.29, 0.717) is 40.4 Å². The molecular formula is C22H22F2N4O3S2. The zero-order valence-electron chi connectivity index (χ0n) is 18.2. The highest BCUT2D eigenvalue weighted by molar-refractivity contribution is 7.89. The molecule has 0 saturated carbocycles. The molecule has 2 aromatic carbocycles. The van der Waals surface area contributed by atoms with E-state index in [0.717, 1.165) is 29.0 Å². The molecule has 33 heavy (non-hydrogen) atoms. The van der Waals surface area contributed by atoms with Gasteiger partial charge in [0.2, 0.25) is 15.0 Å². The number of hydrogen-bond acceptors (Lipinski definition) is 6. The Morgan fingerprint density at radius 1 is 1.09 bits per heavy atom. The van der Waals surface area contributed by atoms with Crippen molar-refractivity contribution in [3.05, 3.63) is 68.7 Å². The van der Waals surface area contributed by atoms with E-state index in [1.807, 2.05) is 19.1 Å². The van der Waals surface area contributed by atoms with Crippen molar-refractivity contribution in [3.63, 3.8) is 0 Å². The highest BCUT2D eigenvalue weighted by atomic mass is 32.2. The van der Waals surface area contributed by atoms with E-state index < -0.39 is 33.6 Å². The maximum atomic E-state index is 13.5. The lowest BCUT2D eigenvalue weighted by atomic mass is 10.1. The molecule has 1 aliphatic heterocycles. The van der Waals surface area contributed by atoms with Crippen LogP contribution in [0.4, 0.5) is 14.5 Å². The molecule has 1 N–H and O–H groups in total. The molecule has 2 heterocycles. The minimum absolute atomic E-state index is 0.00155. The van der Waals surface area contributed by atoms with Crippen molar-refractivity contribution in [3.8, 4) is 0 Å². The van der Waals surface area contributed by atoms with Crippen LogP contribution in [-0.2, 0) is 10.0 Å². The van der Waals surface area contributed by atoms with Gasteiger partial charge in [-0.15, -0.1) is 10.2 Å².